The molecule has 2 aliphatic rings. The Morgan fingerprint density at radius 1 is 1.27 bits per heavy atom. The predicted molar refractivity (Wildman–Crippen MR) is 120 cm³/mol. The number of aliphatic hydroxyl groups is 3. The van der Waals surface area contributed by atoms with Gasteiger partial charge < -0.3 is 34.6 Å². The highest BCUT2D eigenvalue weighted by Gasteiger charge is 2.62. The van der Waals surface area contributed by atoms with Crippen LogP contribution in [0.2, 0.25) is 0 Å². The van der Waals surface area contributed by atoms with Crippen molar-refractivity contribution in [2.45, 2.75) is 44.7 Å². The van der Waals surface area contributed by atoms with Gasteiger partial charge in [0.1, 0.15) is 17.5 Å². The number of phenols is 1. The average molecular weight is 461 g/mol. The van der Waals surface area contributed by atoms with Crippen LogP contribution in [0.15, 0.2) is 54.5 Å². The van der Waals surface area contributed by atoms with E-state index in [0.29, 0.717) is 29.2 Å². The summed E-state index contributed by atoms with van der Waals surface area (Å²) in [5.41, 5.74) is -0.637. The summed E-state index contributed by atoms with van der Waals surface area (Å²) in [7, 11) is 0. The first-order valence-electron chi connectivity index (χ1n) is 11.0. The number of benzene rings is 1. The summed E-state index contributed by atoms with van der Waals surface area (Å²) < 4.78 is 17.1. The maximum Gasteiger partial charge on any atom is 0.331 e. The van der Waals surface area contributed by atoms with Crippen LogP contribution in [0.4, 0.5) is 0 Å². The van der Waals surface area contributed by atoms with Crippen molar-refractivity contribution in [3.8, 4) is 5.75 Å². The van der Waals surface area contributed by atoms with E-state index in [0.717, 1.165) is 0 Å². The highest BCUT2D eigenvalue weighted by Crippen LogP contribution is 2.50. The SMILES string of the molecule is C=C(CC(C)C)O[C@@H]1OC=C(CO)[C@H]2C[C@H](OC(=O)/C=C\c3ccc(O)cc3)[C@](O)(CO)[C@@H]12. The number of fused-ring (bicyclic) bond motifs is 1. The lowest BCUT2D eigenvalue weighted by Gasteiger charge is -2.40. The van der Waals surface area contributed by atoms with Gasteiger partial charge in [-0.05, 0) is 41.7 Å². The first kappa shape index (κ1) is 24.8. The van der Waals surface area contributed by atoms with Crippen molar-refractivity contribution in [3.05, 3.63) is 60.1 Å². The van der Waals surface area contributed by atoms with Gasteiger partial charge in [0.15, 0.2) is 0 Å². The smallest absolute Gasteiger partial charge is 0.331 e. The fourth-order valence-corrected chi connectivity index (χ4v) is 4.49. The minimum absolute atomic E-state index is 0.110. The van der Waals surface area contributed by atoms with Crippen molar-refractivity contribution in [1.82, 2.24) is 0 Å². The van der Waals surface area contributed by atoms with Crippen molar-refractivity contribution in [2.75, 3.05) is 13.2 Å². The van der Waals surface area contributed by atoms with Crippen molar-refractivity contribution in [1.29, 1.82) is 0 Å². The molecule has 1 fully saturated rings. The number of phenolic OH excluding ortho intramolecular Hbond substituents is 1. The molecule has 8 nitrogen and oxygen atoms in total. The van der Waals surface area contributed by atoms with Gasteiger partial charge in [-0.1, -0.05) is 32.6 Å². The zero-order valence-corrected chi connectivity index (χ0v) is 18.9. The fourth-order valence-electron chi connectivity index (χ4n) is 4.49. The molecule has 3 rings (SSSR count). The van der Waals surface area contributed by atoms with E-state index in [1.54, 1.807) is 12.1 Å². The Morgan fingerprint density at radius 2 is 1.97 bits per heavy atom. The lowest BCUT2D eigenvalue weighted by molar-refractivity contribution is -0.210. The normalized spacial score (nSPS) is 28.8. The Balaban J connectivity index is 1.78. The van der Waals surface area contributed by atoms with Gasteiger partial charge in [-0.15, -0.1) is 0 Å². The molecule has 0 saturated heterocycles. The number of aromatic hydroxyl groups is 1. The number of aliphatic hydroxyl groups excluding tert-OH is 2. The van der Waals surface area contributed by atoms with Crippen LogP contribution in [0.25, 0.3) is 6.08 Å². The number of hydrogen-bond acceptors (Lipinski definition) is 8. The fraction of sp³-hybridized carbons (Fsp3) is 0.480. The van der Waals surface area contributed by atoms with Crippen molar-refractivity contribution < 1.29 is 39.4 Å². The molecule has 1 aliphatic heterocycles. The molecule has 1 heterocycles. The number of allylic oxidation sites excluding steroid dienone is 1. The van der Waals surface area contributed by atoms with Gasteiger partial charge in [0.2, 0.25) is 6.29 Å². The molecule has 33 heavy (non-hydrogen) atoms. The van der Waals surface area contributed by atoms with E-state index in [4.69, 9.17) is 14.2 Å². The summed E-state index contributed by atoms with van der Waals surface area (Å²) in [4.78, 5) is 12.5. The molecule has 0 aromatic heterocycles. The van der Waals surface area contributed by atoms with Crippen LogP contribution in [0.3, 0.4) is 0 Å². The van der Waals surface area contributed by atoms with Crippen LogP contribution < -0.4 is 0 Å². The molecule has 4 N–H and O–H groups in total. The van der Waals surface area contributed by atoms with Crippen molar-refractivity contribution in [2.24, 2.45) is 17.8 Å². The molecule has 1 aromatic carbocycles. The molecule has 1 saturated carbocycles. The topological polar surface area (TPSA) is 126 Å². The Bertz CT molecular complexity index is 903. The summed E-state index contributed by atoms with van der Waals surface area (Å²) in [6.07, 6.45) is 2.91. The second-order valence-corrected chi connectivity index (χ2v) is 8.98. The van der Waals surface area contributed by atoms with Gasteiger partial charge in [-0.25, -0.2) is 4.79 Å². The molecular weight excluding hydrogens is 428 g/mol. The van der Waals surface area contributed by atoms with Gasteiger partial charge in [-0.2, -0.15) is 0 Å². The minimum Gasteiger partial charge on any atom is -0.508 e. The average Bonchev–Trinajstić information content (AvgIpc) is 3.06. The van der Waals surface area contributed by atoms with E-state index in [1.165, 1.54) is 30.5 Å². The number of esters is 1. The number of carbonyl (C=O) groups excluding carboxylic acids is 1. The number of carbonyl (C=O) groups is 1. The molecule has 0 unspecified atom stereocenters. The molecule has 0 bridgehead atoms. The number of rotatable bonds is 9. The molecule has 0 amide bonds. The molecule has 1 aromatic rings. The van der Waals surface area contributed by atoms with Crippen LogP contribution in [0, 0.1) is 17.8 Å². The first-order chi connectivity index (χ1) is 15.7. The van der Waals surface area contributed by atoms with E-state index >= 15 is 0 Å². The standard InChI is InChI=1S/C25H32O8/c1-15(2)10-16(3)32-24-23-20(18(12-26)13-31-24)11-21(25(23,30)14-27)33-22(29)9-6-17-4-7-19(28)8-5-17/h4-9,13,15,20-21,23-24,26-28,30H,3,10-12,14H2,1-2H3/b9-6-/t20-,21+,23-,24+,25-/m1/s1. The van der Waals surface area contributed by atoms with Crippen LogP contribution in [0.5, 0.6) is 5.75 Å². The summed E-state index contributed by atoms with van der Waals surface area (Å²) in [5, 5.41) is 40.7. The third kappa shape index (κ3) is 5.58. The Labute approximate surface area is 193 Å². The molecule has 8 heteroatoms. The Morgan fingerprint density at radius 3 is 2.58 bits per heavy atom. The third-order valence-corrected chi connectivity index (χ3v) is 6.08. The third-order valence-electron chi connectivity index (χ3n) is 6.08. The minimum atomic E-state index is -1.84. The monoisotopic (exact) mass is 460 g/mol. The van der Waals surface area contributed by atoms with Crippen molar-refractivity contribution >= 4 is 12.0 Å². The van der Waals surface area contributed by atoms with Gasteiger partial charge >= 0.3 is 5.97 Å². The summed E-state index contributed by atoms with van der Waals surface area (Å²) in [5.74, 6) is -1.01. The van der Waals surface area contributed by atoms with Crippen LogP contribution in [0.1, 0.15) is 32.3 Å². The summed E-state index contributed by atoms with van der Waals surface area (Å²) in [6, 6.07) is 6.25. The quantitative estimate of drug-likeness (QED) is 0.252. The maximum absolute atomic E-state index is 12.5. The molecule has 0 radical (unpaired) electrons. The molecule has 5 atom stereocenters. The Hall–Kier alpha value is -2.81. The maximum atomic E-state index is 12.5. The molecule has 180 valence electrons. The zero-order chi connectivity index (χ0) is 24.2. The lowest BCUT2D eigenvalue weighted by Crippen LogP contribution is -2.54. The number of ether oxygens (including phenoxy) is 3. The number of hydrogen-bond donors (Lipinski definition) is 4. The van der Waals surface area contributed by atoms with Gasteiger partial charge in [0, 0.05) is 18.4 Å². The van der Waals surface area contributed by atoms with E-state index in [2.05, 4.69) is 6.58 Å². The van der Waals surface area contributed by atoms with Crippen LogP contribution in [-0.4, -0.2) is 57.6 Å². The Kier molecular flexibility index (Phi) is 7.84. The largest absolute Gasteiger partial charge is 0.508 e. The van der Waals surface area contributed by atoms with Crippen LogP contribution in [-0.2, 0) is 19.0 Å². The molecule has 1 aliphatic carbocycles. The van der Waals surface area contributed by atoms with Gasteiger partial charge in [0.05, 0.1) is 31.2 Å². The van der Waals surface area contributed by atoms with E-state index in [1.807, 2.05) is 13.8 Å². The predicted octanol–water partition coefficient (Wildman–Crippen LogP) is 2.49. The molecular formula is C25H32O8. The van der Waals surface area contributed by atoms with E-state index < -0.39 is 42.4 Å². The van der Waals surface area contributed by atoms with E-state index in [-0.39, 0.29) is 18.8 Å². The van der Waals surface area contributed by atoms with Gasteiger partial charge in [-0.3, -0.25) is 0 Å². The first-order valence-corrected chi connectivity index (χ1v) is 11.0. The summed E-state index contributed by atoms with van der Waals surface area (Å²) >= 11 is 0. The second kappa shape index (κ2) is 10.4. The second-order valence-electron chi connectivity index (χ2n) is 8.98. The zero-order valence-electron chi connectivity index (χ0n) is 18.9. The van der Waals surface area contributed by atoms with E-state index in [9.17, 15) is 25.2 Å². The summed E-state index contributed by atoms with van der Waals surface area (Å²) in [6.45, 7) is 6.96. The van der Waals surface area contributed by atoms with Crippen LogP contribution >= 0.6 is 0 Å². The highest BCUT2D eigenvalue weighted by atomic mass is 16.7. The van der Waals surface area contributed by atoms with Gasteiger partial charge in [0.25, 0.3) is 0 Å². The van der Waals surface area contributed by atoms with Crippen molar-refractivity contribution in [3.63, 3.8) is 0 Å². The lowest BCUT2D eigenvalue weighted by atomic mass is 9.80. The molecule has 0 spiro atoms. The highest BCUT2D eigenvalue weighted by molar-refractivity contribution is 5.87.